The number of carbonyl (C=O) groups excluding carboxylic acids is 1. The second-order valence-electron chi connectivity index (χ2n) is 7.28. The van der Waals surface area contributed by atoms with Gasteiger partial charge in [0, 0.05) is 23.3 Å². The Hall–Kier alpha value is -3.07. The molecule has 33 heavy (non-hydrogen) atoms. The lowest BCUT2D eigenvalue weighted by Crippen LogP contribution is -2.37. The number of hydrogen-bond acceptors (Lipinski definition) is 5. The van der Waals surface area contributed by atoms with Crippen LogP contribution in [0.5, 0.6) is 11.5 Å². The summed E-state index contributed by atoms with van der Waals surface area (Å²) in [4.78, 5) is 13.0. The fourth-order valence-corrected chi connectivity index (χ4v) is 4.74. The fourth-order valence-electron chi connectivity index (χ4n) is 3.23. The molecule has 0 atom stereocenters. The van der Waals surface area contributed by atoms with E-state index in [2.05, 4.69) is 5.32 Å². The first kappa shape index (κ1) is 24.6. The lowest BCUT2D eigenvalue weighted by Gasteiger charge is -2.22. The quantitative estimate of drug-likeness (QED) is 0.479. The molecule has 0 spiro atoms. The third kappa shape index (κ3) is 6.04. The highest BCUT2D eigenvalue weighted by atomic mass is 35.5. The minimum absolute atomic E-state index is 0.0319. The molecule has 3 rings (SSSR count). The molecular weight excluding hydrogens is 464 g/mol. The van der Waals surface area contributed by atoms with Crippen LogP contribution in [0.2, 0.25) is 5.02 Å². The molecule has 0 unspecified atom stereocenters. The number of carbonyl (C=O) groups is 1. The van der Waals surface area contributed by atoms with Gasteiger partial charge in [0.1, 0.15) is 0 Å². The number of nitrogens with one attached hydrogen (secondary N) is 1. The predicted octanol–water partition coefficient (Wildman–Crippen LogP) is 4.50. The van der Waals surface area contributed by atoms with E-state index in [-0.39, 0.29) is 18.0 Å². The second kappa shape index (κ2) is 10.7. The third-order valence-electron chi connectivity index (χ3n) is 4.98. The summed E-state index contributed by atoms with van der Waals surface area (Å²) in [6.45, 7) is 1.46. The maximum absolute atomic E-state index is 13.4. The second-order valence-corrected chi connectivity index (χ2v) is 9.66. The predicted molar refractivity (Wildman–Crippen MR) is 128 cm³/mol. The van der Waals surface area contributed by atoms with E-state index in [1.165, 1.54) is 38.5 Å². The van der Waals surface area contributed by atoms with Crippen molar-refractivity contribution in [3.05, 3.63) is 82.9 Å². The van der Waals surface area contributed by atoms with Gasteiger partial charge in [-0.25, -0.2) is 8.42 Å². The number of anilines is 1. The summed E-state index contributed by atoms with van der Waals surface area (Å²) in [6.07, 6.45) is 0. The molecule has 3 aromatic carbocycles. The Balaban J connectivity index is 1.88. The van der Waals surface area contributed by atoms with Crippen molar-refractivity contribution in [1.29, 1.82) is 0 Å². The van der Waals surface area contributed by atoms with Crippen molar-refractivity contribution in [2.24, 2.45) is 0 Å². The number of aryl methyl sites for hydroxylation is 1. The molecule has 0 saturated carbocycles. The van der Waals surface area contributed by atoms with Gasteiger partial charge in [-0.3, -0.25) is 4.79 Å². The van der Waals surface area contributed by atoms with Crippen molar-refractivity contribution >= 4 is 33.2 Å². The minimum Gasteiger partial charge on any atom is -0.493 e. The molecule has 9 heteroatoms. The van der Waals surface area contributed by atoms with Crippen molar-refractivity contribution < 1.29 is 22.7 Å². The standard InChI is InChI=1S/C24H25ClN2O5S/c1-17-13-22(31-2)23(32-3)14-21(17)26-24(28)16-27(15-18-7-5-4-6-8-18)33(29,30)20-11-9-19(25)10-12-20/h4-14H,15-16H2,1-3H3,(H,26,28). The van der Waals surface area contributed by atoms with Crippen LogP contribution in [0, 0.1) is 6.92 Å². The van der Waals surface area contributed by atoms with E-state index in [0.717, 1.165) is 15.4 Å². The monoisotopic (exact) mass is 488 g/mol. The molecule has 0 bridgehead atoms. The van der Waals surface area contributed by atoms with E-state index in [0.29, 0.717) is 22.2 Å². The zero-order valence-corrected chi connectivity index (χ0v) is 20.1. The number of amides is 1. The number of halogens is 1. The first-order chi connectivity index (χ1) is 15.7. The highest BCUT2D eigenvalue weighted by Gasteiger charge is 2.27. The first-order valence-electron chi connectivity index (χ1n) is 10.1. The zero-order chi connectivity index (χ0) is 24.0. The largest absolute Gasteiger partial charge is 0.493 e. The summed E-state index contributed by atoms with van der Waals surface area (Å²) < 4.78 is 38.4. The molecule has 0 heterocycles. The normalized spacial score (nSPS) is 11.3. The van der Waals surface area contributed by atoms with Gasteiger partial charge in [0.05, 0.1) is 25.7 Å². The van der Waals surface area contributed by atoms with Gasteiger partial charge < -0.3 is 14.8 Å². The maximum atomic E-state index is 13.4. The maximum Gasteiger partial charge on any atom is 0.243 e. The van der Waals surface area contributed by atoms with Gasteiger partial charge in [0.25, 0.3) is 0 Å². The Morgan fingerprint density at radius 3 is 2.18 bits per heavy atom. The van der Waals surface area contributed by atoms with Crippen LogP contribution in [0.1, 0.15) is 11.1 Å². The van der Waals surface area contributed by atoms with Gasteiger partial charge in [-0.15, -0.1) is 0 Å². The number of hydrogen-bond donors (Lipinski definition) is 1. The number of benzene rings is 3. The fraction of sp³-hybridized carbons (Fsp3) is 0.208. The van der Waals surface area contributed by atoms with E-state index in [4.69, 9.17) is 21.1 Å². The van der Waals surface area contributed by atoms with Crippen molar-refractivity contribution in [1.82, 2.24) is 4.31 Å². The lowest BCUT2D eigenvalue weighted by molar-refractivity contribution is -0.116. The number of rotatable bonds is 9. The Morgan fingerprint density at radius 2 is 1.58 bits per heavy atom. The summed E-state index contributed by atoms with van der Waals surface area (Å²) in [5, 5.41) is 3.20. The summed E-state index contributed by atoms with van der Waals surface area (Å²) in [5.41, 5.74) is 2.00. The molecule has 174 valence electrons. The Labute approximate surface area is 198 Å². The number of methoxy groups -OCH3 is 2. The molecule has 7 nitrogen and oxygen atoms in total. The molecule has 0 aliphatic carbocycles. The smallest absolute Gasteiger partial charge is 0.243 e. The lowest BCUT2D eigenvalue weighted by atomic mass is 10.1. The molecular formula is C24H25ClN2O5S. The van der Waals surface area contributed by atoms with Gasteiger partial charge in [0.15, 0.2) is 11.5 Å². The number of ether oxygens (including phenoxy) is 2. The summed E-state index contributed by atoms with van der Waals surface area (Å²) >= 11 is 5.92. The zero-order valence-electron chi connectivity index (χ0n) is 18.5. The molecule has 0 saturated heterocycles. The Morgan fingerprint density at radius 1 is 0.970 bits per heavy atom. The topological polar surface area (TPSA) is 84.9 Å². The highest BCUT2D eigenvalue weighted by molar-refractivity contribution is 7.89. The number of sulfonamides is 1. The van der Waals surface area contributed by atoms with Crippen molar-refractivity contribution in [3.63, 3.8) is 0 Å². The van der Waals surface area contributed by atoms with Gasteiger partial charge in [0.2, 0.25) is 15.9 Å². The van der Waals surface area contributed by atoms with E-state index >= 15 is 0 Å². The minimum atomic E-state index is -3.97. The third-order valence-corrected chi connectivity index (χ3v) is 7.04. The van der Waals surface area contributed by atoms with E-state index < -0.39 is 15.9 Å². The van der Waals surface area contributed by atoms with E-state index in [1.807, 2.05) is 25.1 Å². The Kier molecular flexibility index (Phi) is 7.97. The first-order valence-corrected chi connectivity index (χ1v) is 11.9. The van der Waals surface area contributed by atoms with Crippen LogP contribution in [0.25, 0.3) is 0 Å². The van der Waals surface area contributed by atoms with Crippen molar-refractivity contribution in [2.45, 2.75) is 18.4 Å². The van der Waals surface area contributed by atoms with Crippen LogP contribution >= 0.6 is 11.6 Å². The van der Waals surface area contributed by atoms with Crippen LogP contribution < -0.4 is 14.8 Å². The highest BCUT2D eigenvalue weighted by Crippen LogP contribution is 2.33. The molecule has 1 N–H and O–H groups in total. The molecule has 3 aromatic rings. The van der Waals surface area contributed by atoms with Crippen LogP contribution in [-0.2, 0) is 21.4 Å². The molecule has 0 aromatic heterocycles. The van der Waals surface area contributed by atoms with Gasteiger partial charge in [-0.2, -0.15) is 4.31 Å². The van der Waals surface area contributed by atoms with E-state index in [1.54, 1.807) is 24.3 Å². The van der Waals surface area contributed by atoms with Crippen LogP contribution in [0.4, 0.5) is 5.69 Å². The summed E-state index contributed by atoms with van der Waals surface area (Å²) in [7, 11) is -0.942. The average Bonchev–Trinajstić information content (AvgIpc) is 2.80. The van der Waals surface area contributed by atoms with Gasteiger partial charge >= 0.3 is 0 Å². The van der Waals surface area contributed by atoms with Crippen molar-refractivity contribution in [2.75, 3.05) is 26.1 Å². The number of nitrogens with zero attached hydrogens (tertiary/aromatic N) is 1. The molecule has 1 amide bonds. The SMILES string of the molecule is COc1cc(C)c(NC(=O)CN(Cc2ccccc2)S(=O)(=O)c2ccc(Cl)cc2)cc1OC. The molecule has 0 aliphatic heterocycles. The van der Waals surface area contributed by atoms with Gasteiger partial charge in [-0.05, 0) is 48.4 Å². The molecule has 0 fully saturated rings. The average molecular weight is 489 g/mol. The van der Waals surface area contributed by atoms with Gasteiger partial charge in [-0.1, -0.05) is 41.9 Å². The van der Waals surface area contributed by atoms with Crippen LogP contribution in [0.15, 0.2) is 71.6 Å². The van der Waals surface area contributed by atoms with Crippen molar-refractivity contribution in [3.8, 4) is 11.5 Å². The molecule has 0 radical (unpaired) electrons. The summed E-state index contributed by atoms with van der Waals surface area (Å²) in [5.74, 6) is 0.496. The summed E-state index contributed by atoms with van der Waals surface area (Å²) in [6, 6.07) is 18.3. The Bertz CT molecular complexity index is 1220. The molecule has 0 aliphatic rings. The van der Waals surface area contributed by atoms with Crippen LogP contribution in [-0.4, -0.2) is 39.4 Å². The van der Waals surface area contributed by atoms with E-state index in [9.17, 15) is 13.2 Å². The van der Waals surface area contributed by atoms with Crippen LogP contribution in [0.3, 0.4) is 0 Å².